The highest BCUT2D eigenvalue weighted by Gasteiger charge is 2.30. The Bertz CT molecular complexity index is 997. The zero-order valence-corrected chi connectivity index (χ0v) is 17.1. The summed E-state index contributed by atoms with van der Waals surface area (Å²) in [6.45, 7) is 6.09. The Kier molecular flexibility index (Phi) is 5.62. The zero-order valence-electron chi connectivity index (χ0n) is 16.3. The summed E-state index contributed by atoms with van der Waals surface area (Å²) in [7, 11) is -2.32. The van der Waals surface area contributed by atoms with E-state index in [0.29, 0.717) is 26.2 Å². The number of methoxy groups -OCH3 is 1. The first-order valence-electron chi connectivity index (χ1n) is 9.05. The van der Waals surface area contributed by atoms with Crippen molar-refractivity contribution >= 4 is 21.6 Å². The third-order valence-electron chi connectivity index (χ3n) is 5.23. The number of sulfonamides is 1. The minimum atomic E-state index is -3.72. The molecule has 1 aliphatic heterocycles. The van der Waals surface area contributed by atoms with E-state index in [1.165, 1.54) is 40.7 Å². The van der Waals surface area contributed by atoms with Crippen LogP contribution in [0.2, 0.25) is 0 Å². The summed E-state index contributed by atoms with van der Waals surface area (Å²) in [4.78, 5) is 13.9. The fourth-order valence-corrected chi connectivity index (χ4v) is 4.89. The van der Waals surface area contributed by atoms with Crippen molar-refractivity contribution in [2.45, 2.75) is 18.7 Å². The monoisotopic (exact) mass is 403 g/mol. The van der Waals surface area contributed by atoms with Gasteiger partial charge in [-0.05, 0) is 49.2 Å². The lowest BCUT2D eigenvalue weighted by molar-refractivity contribution is 0.0997. The third kappa shape index (κ3) is 3.70. The Labute approximate surface area is 165 Å². The van der Waals surface area contributed by atoms with Gasteiger partial charge in [-0.3, -0.25) is 4.79 Å². The molecule has 1 heterocycles. The van der Waals surface area contributed by atoms with E-state index < -0.39 is 15.9 Å². The molecule has 0 saturated carbocycles. The Morgan fingerprint density at radius 3 is 2.36 bits per heavy atom. The van der Waals surface area contributed by atoms with Gasteiger partial charge in [0.2, 0.25) is 10.0 Å². The Morgan fingerprint density at radius 1 is 1.07 bits per heavy atom. The first-order valence-corrected chi connectivity index (χ1v) is 10.5. The number of hydrogen-bond acceptors (Lipinski definition) is 5. The van der Waals surface area contributed by atoms with Crippen molar-refractivity contribution in [3.8, 4) is 5.75 Å². The molecule has 0 spiro atoms. The second-order valence-electron chi connectivity index (χ2n) is 6.84. The summed E-state index contributed by atoms with van der Waals surface area (Å²) in [5.74, 6) is -0.472. The number of piperazine rings is 1. The number of carbonyl (C=O) groups is 1. The van der Waals surface area contributed by atoms with Gasteiger partial charge >= 0.3 is 0 Å². The van der Waals surface area contributed by atoms with E-state index in [1.54, 1.807) is 0 Å². The van der Waals surface area contributed by atoms with E-state index in [1.807, 2.05) is 6.07 Å². The van der Waals surface area contributed by atoms with Crippen LogP contribution in [0.3, 0.4) is 0 Å². The highest BCUT2D eigenvalue weighted by molar-refractivity contribution is 7.89. The largest absolute Gasteiger partial charge is 0.496 e. The van der Waals surface area contributed by atoms with Crippen molar-refractivity contribution in [1.82, 2.24) is 4.31 Å². The van der Waals surface area contributed by atoms with Gasteiger partial charge < -0.3 is 15.4 Å². The number of carbonyl (C=O) groups excluding carboxylic acids is 1. The zero-order chi connectivity index (χ0) is 20.5. The number of amides is 1. The number of nitrogens with two attached hydrogens (primary N) is 1. The van der Waals surface area contributed by atoms with Crippen LogP contribution in [0.1, 0.15) is 21.5 Å². The minimum absolute atomic E-state index is 0.0438. The molecule has 2 aromatic carbocycles. The van der Waals surface area contributed by atoms with Crippen LogP contribution < -0.4 is 15.4 Å². The van der Waals surface area contributed by atoms with Gasteiger partial charge in [0.25, 0.3) is 5.91 Å². The minimum Gasteiger partial charge on any atom is -0.496 e. The van der Waals surface area contributed by atoms with Gasteiger partial charge in [-0.15, -0.1) is 0 Å². The fraction of sp³-hybridized carbons (Fsp3) is 0.350. The van der Waals surface area contributed by atoms with Crippen LogP contribution >= 0.6 is 0 Å². The van der Waals surface area contributed by atoms with Crippen LogP contribution in [0.25, 0.3) is 0 Å². The van der Waals surface area contributed by atoms with Crippen LogP contribution in [0.4, 0.5) is 5.69 Å². The second kappa shape index (κ2) is 7.81. The number of primary amides is 1. The van der Waals surface area contributed by atoms with Gasteiger partial charge in [-0.2, -0.15) is 4.31 Å². The lowest BCUT2D eigenvalue weighted by Crippen LogP contribution is -2.48. The average Bonchev–Trinajstić information content (AvgIpc) is 2.69. The van der Waals surface area contributed by atoms with E-state index in [9.17, 15) is 13.2 Å². The van der Waals surface area contributed by atoms with Crippen molar-refractivity contribution in [2.75, 3.05) is 38.2 Å². The lowest BCUT2D eigenvalue weighted by atomic mass is 10.1. The molecule has 1 saturated heterocycles. The molecule has 0 aliphatic carbocycles. The molecule has 2 aromatic rings. The van der Waals surface area contributed by atoms with Gasteiger partial charge in [-0.1, -0.05) is 12.1 Å². The maximum Gasteiger partial charge on any atom is 0.252 e. The van der Waals surface area contributed by atoms with Crippen molar-refractivity contribution in [3.63, 3.8) is 0 Å². The highest BCUT2D eigenvalue weighted by atomic mass is 32.2. The average molecular weight is 404 g/mol. The molecule has 0 radical (unpaired) electrons. The molecule has 7 nitrogen and oxygen atoms in total. The summed E-state index contributed by atoms with van der Waals surface area (Å²) in [6, 6.07) is 10.3. The van der Waals surface area contributed by atoms with E-state index in [2.05, 4.69) is 30.9 Å². The predicted molar refractivity (Wildman–Crippen MR) is 108 cm³/mol. The van der Waals surface area contributed by atoms with Crippen molar-refractivity contribution in [1.29, 1.82) is 0 Å². The number of anilines is 1. The fourth-order valence-electron chi connectivity index (χ4n) is 3.44. The molecule has 0 bridgehead atoms. The third-order valence-corrected chi connectivity index (χ3v) is 7.12. The number of hydrogen-bond donors (Lipinski definition) is 1. The van der Waals surface area contributed by atoms with Gasteiger partial charge in [0.05, 0.1) is 17.6 Å². The molecule has 0 atom stereocenters. The molecule has 3 rings (SSSR count). The summed E-state index contributed by atoms with van der Waals surface area (Å²) in [6.07, 6.45) is 0. The molecule has 150 valence electrons. The van der Waals surface area contributed by atoms with Crippen LogP contribution in [-0.4, -0.2) is 51.9 Å². The number of aryl methyl sites for hydroxylation is 1. The second-order valence-corrected chi connectivity index (χ2v) is 8.77. The summed E-state index contributed by atoms with van der Waals surface area (Å²) in [5.41, 5.74) is 8.97. The van der Waals surface area contributed by atoms with Crippen LogP contribution in [0, 0.1) is 13.8 Å². The van der Waals surface area contributed by atoms with Crippen LogP contribution in [-0.2, 0) is 10.0 Å². The molecular formula is C20H25N3O4S. The van der Waals surface area contributed by atoms with E-state index in [0.717, 1.165) is 5.69 Å². The molecule has 0 aromatic heterocycles. The topological polar surface area (TPSA) is 92.9 Å². The molecule has 8 heteroatoms. The molecule has 2 N–H and O–H groups in total. The Morgan fingerprint density at radius 2 is 1.75 bits per heavy atom. The first kappa shape index (κ1) is 20.2. The summed E-state index contributed by atoms with van der Waals surface area (Å²) >= 11 is 0. The quantitative estimate of drug-likeness (QED) is 0.823. The van der Waals surface area contributed by atoms with Crippen LogP contribution in [0.15, 0.2) is 41.3 Å². The summed E-state index contributed by atoms with van der Waals surface area (Å²) in [5, 5.41) is 0. The van der Waals surface area contributed by atoms with Crippen molar-refractivity contribution in [3.05, 3.63) is 53.1 Å². The highest BCUT2D eigenvalue weighted by Crippen LogP contribution is 2.27. The molecule has 1 fully saturated rings. The normalized spacial score (nSPS) is 15.5. The standard InChI is InChI=1S/C20H25N3O4S/c1-14-5-4-6-18(15(14)2)22-9-11-23(12-10-22)28(25,26)16-7-8-19(27-3)17(13-16)20(21)24/h4-8,13H,9-12H2,1-3H3,(H2,21,24). The summed E-state index contributed by atoms with van der Waals surface area (Å²) < 4.78 is 32.6. The Hall–Kier alpha value is -2.58. The number of nitrogens with zero attached hydrogens (tertiary/aromatic N) is 2. The molecular weight excluding hydrogens is 378 g/mol. The number of rotatable bonds is 5. The predicted octanol–water partition coefficient (Wildman–Crippen LogP) is 1.92. The first-order chi connectivity index (χ1) is 13.3. The van der Waals surface area contributed by atoms with E-state index in [-0.39, 0.29) is 16.2 Å². The molecule has 1 aliphatic rings. The van der Waals surface area contributed by atoms with E-state index >= 15 is 0 Å². The number of ether oxygens (including phenoxy) is 1. The van der Waals surface area contributed by atoms with E-state index in [4.69, 9.17) is 10.5 Å². The lowest BCUT2D eigenvalue weighted by Gasteiger charge is -2.36. The van der Waals surface area contributed by atoms with Crippen molar-refractivity contribution < 1.29 is 17.9 Å². The number of benzene rings is 2. The molecule has 0 unspecified atom stereocenters. The maximum atomic E-state index is 13.0. The molecule has 28 heavy (non-hydrogen) atoms. The smallest absolute Gasteiger partial charge is 0.252 e. The van der Waals surface area contributed by atoms with Gasteiger partial charge in [0, 0.05) is 31.9 Å². The maximum absolute atomic E-state index is 13.0. The SMILES string of the molecule is COc1ccc(S(=O)(=O)N2CCN(c3cccc(C)c3C)CC2)cc1C(N)=O. The van der Waals surface area contributed by atoms with Gasteiger partial charge in [0.1, 0.15) is 5.75 Å². The van der Waals surface area contributed by atoms with Crippen molar-refractivity contribution in [2.24, 2.45) is 5.73 Å². The van der Waals surface area contributed by atoms with Crippen LogP contribution in [0.5, 0.6) is 5.75 Å². The van der Waals surface area contributed by atoms with Gasteiger partial charge in [0.15, 0.2) is 0 Å². The Balaban J connectivity index is 1.81. The molecule has 1 amide bonds. The van der Waals surface area contributed by atoms with Gasteiger partial charge in [-0.25, -0.2) is 8.42 Å².